The van der Waals surface area contributed by atoms with E-state index < -0.39 is 0 Å². The first kappa shape index (κ1) is 11.9. The summed E-state index contributed by atoms with van der Waals surface area (Å²) in [5.74, 6) is 0. The normalized spacial score (nSPS) is 12.8. The van der Waals surface area contributed by atoms with E-state index in [-0.39, 0.29) is 11.0 Å². The molecule has 0 amide bonds. The third-order valence-electron chi connectivity index (χ3n) is 1.21. The van der Waals surface area contributed by atoms with Gasteiger partial charge in [0.2, 0.25) is 0 Å². The first-order chi connectivity index (χ1) is 5.10. The van der Waals surface area contributed by atoms with Gasteiger partial charge in [0.15, 0.2) is 0 Å². The van der Waals surface area contributed by atoms with Crippen molar-refractivity contribution in [1.82, 2.24) is 5.32 Å². The molecule has 0 unspecified atom stereocenters. The molecular weight excluding hydrogens is 166 g/mol. The van der Waals surface area contributed by atoms with Crippen LogP contribution in [0.1, 0.15) is 48.0 Å². The Hall–Kier alpha value is -0.110. The molecule has 0 atom stereocenters. The molecule has 0 aliphatic heterocycles. The predicted molar refractivity (Wildman–Crippen MR) is 59.6 cm³/mol. The van der Waals surface area contributed by atoms with Gasteiger partial charge in [-0.15, -0.1) is 0 Å². The molecule has 0 aliphatic rings. The Morgan fingerprint density at radius 3 is 1.75 bits per heavy atom. The first-order valence-electron chi connectivity index (χ1n) is 4.41. The molecule has 0 rings (SSSR count). The fraction of sp³-hybridized carbons (Fsp3) is 0.900. The van der Waals surface area contributed by atoms with Crippen LogP contribution in [-0.4, -0.2) is 10.5 Å². The molecule has 0 saturated carbocycles. The van der Waals surface area contributed by atoms with Crippen molar-refractivity contribution in [3.05, 3.63) is 0 Å². The molecule has 1 nitrogen and oxygen atoms in total. The van der Waals surface area contributed by atoms with Gasteiger partial charge >= 0.3 is 0 Å². The van der Waals surface area contributed by atoms with E-state index in [1.807, 2.05) is 0 Å². The van der Waals surface area contributed by atoms with Crippen LogP contribution in [0.4, 0.5) is 0 Å². The van der Waals surface area contributed by atoms with Crippen LogP contribution in [0.2, 0.25) is 0 Å². The summed E-state index contributed by atoms with van der Waals surface area (Å²) in [6, 6.07) is 0. The van der Waals surface area contributed by atoms with E-state index in [9.17, 15) is 0 Å². The fourth-order valence-corrected chi connectivity index (χ4v) is 1.68. The minimum atomic E-state index is 0.0995. The Bertz CT molecular complexity index is 142. The van der Waals surface area contributed by atoms with Crippen LogP contribution in [0.5, 0.6) is 0 Å². The lowest BCUT2D eigenvalue weighted by molar-refractivity contribution is 0.420. The van der Waals surface area contributed by atoms with Crippen molar-refractivity contribution in [2.75, 3.05) is 0 Å². The highest BCUT2D eigenvalue weighted by Gasteiger charge is 2.17. The standard InChI is InChI=1S/C10H21NS/c1-9(2,3)7-8(12)11-10(4,5)6/h7H2,1-6H3,(H,11,12). The molecule has 0 spiro atoms. The lowest BCUT2D eigenvalue weighted by Gasteiger charge is -2.26. The number of hydrogen-bond donors (Lipinski definition) is 1. The van der Waals surface area contributed by atoms with Crippen LogP contribution in [0.15, 0.2) is 0 Å². The molecule has 2 heteroatoms. The van der Waals surface area contributed by atoms with Crippen LogP contribution in [0, 0.1) is 5.41 Å². The molecule has 0 radical (unpaired) electrons. The van der Waals surface area contributed by atoms with E-state index in [4.69, 9.17) is 12.2 Å². The fourth-order valence-electron chi connectivity index (χ4n) is 0.944. The minimum absolute atomic E-state index is 0.0995. The summed E-state index contributed by atoms with van der Waals surface area (Å²) < 4.78 is 0. The second-order valence-electron chi connectivity index (χ2n) is 5.54. The van der Waals surface area contributed by atoms with Crippen LogP contribution in [0.3, 0.4) is 0 Å². The monoisotopic (exact) mass is 187 g/mol. The maximum atomic E-state index is 5.24. The SMILES string of the molecule is CC(C)(C)CC(=S)NC(C)(C)C. The van der Waals surface area contributed by atoms with E-state index in [0.29, 0.717) is 0 Å². The quantitative estimate of drug-likeness (QED) is 0.633. The second kappa shape index (κ2) is 3.73. The maximum absolute atomic E-state index is 5.24. The molecule has 0 saturated heterocycles. The highest BCUT2D eigenvalue weighted by atomic mass is 32.1. The predicted octanol–water partition coefficient (Wildman–Crippen LogP) is 3.14. The summed E-state index contributed by atoms with van der Waals surface area (Å²) in [7, 11) is 0. The van der Waals surface area contributed by atoms with E-state index in [1.165, 1.54) is 0 Å². The van der Waals surface area contributed by atoms with Crippen LogP contribution in [0.25, 0.3) is 0 Å². The molecule has 0 fully saturated rings. The minimum Gasteiger partial charge on any atom is -0.375 e. The first-order valence-corrected chi connectivity index (χ1v) is 4.82. The zero-order valence-electron chi connectivity index (χ0n) is 9.12. The van der Waals surface area contributed by atoms with E-state index in [1.54, 1.807) is 0 Å². The Morgan fingerprint density at radius 2 is 1.50 bits per heavy atom. The highest BCUT2D eigenvalue weighted by Crippen LogP contribution is 2.19. The van der Waals surface area contributed by atoms with Crippen molar-refractivity contribution in [2.24, 2.45) is 5.41 Å². The molecule has 0 aromatic rings. The number of nitrogens with one attached hydrogen (secondary N) is 1. The van der Waals surface area contributed by atoms with Gasteiger partial charge in [-0.05, 0) is 26.2 Å². The van der Waals surface area contributed by atoms with E-state index in [0.717, 1.165) is 11.4 Å². The summed E-state index contributed by atoms with van der Waals surface area (Å²) in [6.45, 7) is 13.0. The zero-order chi connectivity index (χ0) is 9.99. The number of thiocarbonyl (C=S) groups is 1. The summed E-state index contributed by atoms with van der Waals surface area (Å²) in [6.07, 6.45) is 0.958. The van der Waals surface area contributed by atoms with Crippen molar-refractivity contribution in [3.63, 3.8) is 0 Å². The maximum Gasteiger partial charge on any atom is 0.0762 e. The van der Waals surface area contributed by atoms with Crippen LogP contribution >= 0.6 is 12.2 Å². The average molecular weight is 187 g/mol. The molecule has 0 aliphatic carbocycles. The number of rotatable bonds is 1. The van der Waals surface area contributed by atoms with Gasteiger partial charge in [-0.2, -0.15) is 0 Å². The summed E-state index contributed by atoms with van der Waals surface area (Å²) in [4.78, 5) is 0.968. The van der Waals surface area contributed by atoms with Gasteiger partial charge in [0, 0.05) is 12.0 Å². The van der Waals surface area contributed by atoms with Crippen molar-refractivity contribution < 1.29 is 0 Å². The molecule has 12 heavy (non-hydrogen) atoms. The zero-order valence-corrected chi connectivity index (χ0v) is 9.93. The molecule has 0 aromatic heterocycles. The van der Waals surface area contributed by atoms with Gasteiger partial charge in [-0.3, -0.25) is 0 Å². The van der Waals surface area contributed by atoms with Crippen molar-refractivity contribution in [3.8, 4) is 0 Å². The Morgan fingerprint density at radius 1 is 1.08 bits per heavy atom. The third kappa shape index (κ3) is 7.99. The third-order valence-corrected chi connectivity index (χ3v) is 1.45. The Balaban J connectivity index is 3.92. The van der Waals surface area contributed by atoms with Gasteiger partial charge < -0.3 is 5.32 Å². The second-order valence-corrected chi connectivity index (χ2v) is 6.03. The van der Waals surface area contributed by atoms with Crippen molar-refractivity contribution >= 4 is 17.2 Å². The Kier molecular flexibility index (Phi) is 3.70. The van der Waals surface area contributed by atoms with Gasteiger partial charge in [-0.1, -0.05) is 33.0 Å². The van der Waals surface area contributed by atoms with Crippen LogP contribution < -0.4 is 5.32 Å². The molecule has 0 heterocycles. The molecule has 0 bridgehead atoms. The molecule has 72 valence electrons. The highest BCUT2D eigenvalue weighted by molar-refractivity contribution is 7.80. The lowest BCUT2D eigenvalue weighted by atomic mass is 9.92. The molecule has 0 aromatic carbocycles. The smallest absolute Gasteiger partial charge is 0.0762 e. The molecule has 1 N–H and O–H groups in total. The van der Waals surface area contributed by atoms with Crippen molar-refractivity contribution in [1.29, 1.82) is 0 Å². The van der Waals surface area contributed by atoms with Gasteiger partial charge in [0.05, 0.1) is 4.99 Å². The lowest BCUT2D eigenvalue weighted by Crippen LogP contribution is -2.40. The molecular formula is C10H21NS. The average Bonchev–Trinajstić information content (AvgIpc) is 1.49. The van der Waals surface area contributed by atoms with Crippen LogP contribution in [-0.2, 0) is 0 Å². The summed E-state index contributed by atoms with van der Waals surface area (Å²) in [5, 5.41) is 3.31. The van der Waals surface area contributed by atoms with Gasteiger partial charge in [0.25, 0.3) is 0 Å². The largest absolute Gasteiger partial charge is 0.375 e. The van der Waals surface area contributed by atoms with E-state index in [2.05, 4.69) is 46.9 Å². The van der Waals surface area contributed by atoms with Gasteiger partial charge in [0.1, 0.15) is 0 Å². The summed E-state index contributed by atoms with van der Waals surface area (Å²) in [5.41, 5.74) is 0.387. The van der Waals surface area contributed by atoms with Crippen molar-refractivity contribution in [2.45, 2.75) is 53.5 Å². The Labute approximate surface area is 81.9 Å². The topological polar surface area (TPSA) is 12.0 Å². The van der Waals surface area contributed by atoms with Gasteiger partial charge in [-0.25, -0.2) is 0 Å². The van der Waals surface area contributed by atoms with E-state index >= 15 is 0 Å². The summed E-state index contributed by atoms with van der Waals surface area (Å²) >= 11 is 5.24. The number of hydrogen-bond acceptors (Lipinski definition) is 1.